The molecule has 0 radical (unpaired) electrons. The summed E-state index contributed by atoms with van der Waals surface area (Å²) in [5.74, 6) is 2.73. The van der Waals surface area contributed by atoms with Gasteiger partial charge >= 0.3 is 0 Å². The molecule has 2 atom stereocenters. The summed E-state index contributed by atoms with van der Waals surface area (Å²) in [6, 6.07) is 21.4. The van der Waals surface area contributed by atoms with Gasteiger partial charge in [0.25, 0.3) is 0 Å². The molecule has 3 heterocycles. The van der Waals surface area contributed by atoms with Crippen molar-refractivity contribution in [1.29, 1.82) is 0 Å². The summed E-state index contributed by atoms with van der Waals surface area (Å²) in [7, 11) is 3.25. The Hall–Kier alpha value is -3.97. The highest BCUT2D eigenvalue weighted by atomic mass is 35.5. The molecule has 0 saturated heterocycles. The van der Waals surface area contributed by atoms with Gasteiger partial charge in [-0.2, -0.15) is 10.1 Å². The van der Waals surface area contributed by atoms with Crippen molar-refractivity contribution in [2.75, 3.05) is 19.5 Å². The maximum absolute atomic E-state index is 6.65. The van der Waals surface area contributed by atoms with Crippen LogP contribution in [0.25, 0.3) is 5.70 Å². The minimum Gasteiger partial charge on any atom is -0.493 e. The Morgan fingerprint density at radius 3 is 2.62 bits per heavy atom. The molecule has 0 spiro atoms. The Morgan fingerprint density at radius 1 is 0.941 bits per heavy atom. The number of benzene rings is 3. The van der Waals surface area contributed by atoms with E-state index < -0.39 is 6.10 Å². The van der Waals surface area contributed by atoms with Gasteiger partial charge in [-0.15, -0.1) is 0 Å². The predicted octanol–water partition coefficient (Wildman–Crippen LogP) is 5.51. The molecule has 0 unspecified atom stereocenters. The molecule has 0 saturated carbocycles. The number of hydrogen-bond donors (Lipinski definition) is 1. The van der Waals surface area contributed by atoms with E-state index in [0.29, 0.717) is 22.5 Å². The monoisotopic (exact) mass is 472 g/mol. The fraction of sp³-hybridized carbons (Fsp3) is 0.154. The quantitative estimate of drug-likeness (QED) is 0.422. The van der Waals surface area contributed by atoms with Crippen LogP contribution in [-0.2, 0) is 0 Å². The zero-order valence-corrected chi connectivity index (χ0v) is 19.3. The second kappa shape index (κ2) is 8.11. The molecular weight excluding hydrogens is 452 g/mol. The molecule has 6 rings (SSSR count). The summed E-state index contributed by atoms with van der Waals surface area (Å²) in [5.41, 5.74) is 4.84. The van der Waals surface area contributed by atoms with Crippen LogP contribution in [-0.4, -0.2) is 29.0 Å². The molecule has 0 aliphatic carbocycles. The average molecular weight is 473 g/mol. The van der Waals surface area contributed by atoms with E-state index in [0.717, 1.165) is 33.7 Å². The van der Waals surface area contributed by atoms with Crippen molar-refractivity contribution in [1.82, 2.24) is 14.8 Å². The molecule has 1 N–H and O–H groups in total. The Balaban J connectivity index is 1.61. The van der Waals surface area contributed by atoms with E-state index in [1.165, 1.54) is 0 Å². The van der Waals surface area contributed by atoms with Gasteiger partial charge in [0.1, 0.15) is 24.2 Å². The van der Waals surface area contributed by atoms with Gasteiger partial charge < -0.3 is 19.5 Å². The van der Waals surface area contributed by atoms with Gasteiger partial charge in [0.2, 0.25) is 5.95 Å². The lowest BCUT2D eigenvalue weighted by Crippen LogP contribution is -2.32. The van der Waals surface area contributed by atoms with Crippen LogP contribution in [0, 0.1) is 0 Å². The predicted molar refractivity (Wildman–Crippen MR) is 130 cm³/mol. The van der Waals surface area contributed by atoms with E-state index >= 15 is 0 Å². The number of fused-ring (bicyclic) bond motifs is 3. The maximum atomic E-state index is 6.65. The fourth-order valence-electron chi connectivity index (χ4n) is 4.71. The molecule has 4 aromatic rings. The zero-order chi connectivity index (χ0) is 23.2. The first-order valence-corrected chi connectivity index (χ1v) is 11.2. The Labute approximate surface area is 201 Å². The molecule has 0 fully saturated rings. The van der Waals surface area contributed by atoms with Crippen LogP contribution in [0.1, 0.15) is 28.8 Å². The minimum absolute atomic E-state index is 0.279. The number of hydrogen-bond acceptors (Lipinski definition) is 6. The second-order valence-corrected chi connectivity index (χ2v) is 8.49. The number of halogens is 1. The van der Waals surface area contributed by atoms with E-state index in [1.807, 2.05) is 71.4 Å². The van der Waals surface area contributed by atoms with Crippen molar-refractivity contribution in [2.45, 2.75) is 12.1 Å². The van der Waals surface area contributed by atoms with Crippen LogP contribution >= 0.6 is 11.6 Å². The number of aromatic nitrogens is 3. The highest BCUT2D eigenvalue weighted by Gasteiger charge is 2.41. The number of para-hydroxylation sites is 1. The molecule has 7 nitrogen and oxygen atoms in total. The number of nitrogens with one attached hydrogen (secondary N) is 1. The van der Waals surface area contributed by atoms with E-state index in [1.54, 1.807) is 20.5 Å². The van der Waals surface area contributed by atoms with Gasteiger partial charge in [-0.25, -0.2) is 4.68 Å². The molecule has 8 heteroatoms. The van der Waals surface area contributed by atoms with E-state index in [4.69, 9.17) is 25.8 Å². The largest absolute Gasteiger partial charge is 0.493 e. The third-order valence-corrected chi connectivity index (χ3v) is 6.43. The number of nitrogens with zero attached hydrogens (tertiary/aromatic N) is 3. The Kier molecular flexibility index (Phi) is 4.92. The number of methoxy groups -OCH3 is 2. The summed E-state index contributed by atoms with van der Waals surface area (Å²) >= 11 is 6.41. The molecule has 3 aromatic carbocycles. The molecule has 0 bridgehead atoms. The third kappa shape index (κ3) is 3.20. The number of rotatable bonds is 4. The maximum Gasteiger partial charge on any atom is 0.226 e. The summed E-state index contributed by atoms with van der Waals surface area (Å²) in [5, 5.41) is 8.70. The van der Waals surface area contributed by atoms with Crippen molar-refractivity contribution >= 4 is 23.2 Å². The SMILES string of the molecule is COc1ccc([C@H]2Oc3ccccc3C3=C2[C@H](c2cccc(Cl)c2)n2ncnc2N3)cc1OC. The van der Waals surface area contributed by atoms with Gasteiger partial charge in [-0.3, -0.25) is 0 Å². The van der Waals surface area contributed by atoms with E-state index in [2.05, 4.69) is 15.4 Å². The summed E-state index contributed by atoms with van der Waals surface area (Å²) in [6.07, 6.45) is 1.13. The summed E-state index contributed by atoms with van der Waals surface area (Å²) in [4.78, 5) is 4.46. The smallest absolute Gasteiger partial charge is 0.226 e. The molecule has 2 aliphatic rings. The van der Waals surface area contributed by atoms with Crippen LogP contribution in [0.5, 0.6) is 17.2 Å². The first-order valence-electron chi connectivity index (χ1n) is 10.8. The van der Waals surface area contributed by atoms with Crippen LogP contribution in [0.15, 0.2) is 78.6 Å². The van der Waals surface area contributed by atoms with Gasteiger partial charge in [-0.05, 0) is 42.0 Å². The normalized spacial score (nSPS) is 18.2. The second-order valence-electron chi connectivity index (χ2n) is 8.05. The van der Waals surface area contributed by atoms with Crippen molar-refractivity contribution in [3.05, 3.63) is 100 Å². The standard InChI is InChI=1S/C26H21ClN4O3/c1-32-20-11-10-16(13-21(20)33-2)25-22-23(18-8-3-4-9-19(18)34-25)30-26-28-14-29-31(26)24(22)15-6-5-7-17(27)12-15/h3-14,24-25H,1-2H3,(H,28,29,30)/t24-,25+/m0/s1. The lowest BCUT2D eigenvalue weighted by molar-refractivity contribution is 0.222. The molecule has 0 amide bonds. The van der Waals surface area contributed by atoms with Gasteiger partial charge in [-0.1, -0.05) is 41.9 Å². The topological polar surface area (TPSA) is 70.4 Å². The first-order chi connectivity index (χ1) is 16.7. The molecule has 2 aliphatic heterocycles. The number of ether oxygens (including phenoxy) is 3. The van der Waals surface area contributed by atoms with Crippen molar-refractivity contribution in [3.8, 4) is 17.2 Å². The highest BCUT2D eigenvalue weighted by Crippen LogP contribution is 2.51. The summed E-state index contributed by atoms with van der Waals surface area (Å²) in [6.45, 7) is 0. The molecule has 1 aromatic heterocycles. The highest BCUT2D eigenvalue weighted by molar-refractivity contribution is 6.30. The zero-order valence-electron chi connectivity index (χ0n) is 18.5. The van der Waals surface area contributed by atoms with Crippen molar-refractivity contribution in [3.63, 3.8) is 0 Å². The molecule has 34 heavy (non-hydrogen) atoms. The van der Waals surface area contributed by atoms with Crippen LogP contribution in [0.2, 0.25) is 5.02 Å². The van der Waals surface area contributed by atoms with E-state index in [9.17, 15) is 0 Å². The third-order valence-electron chi connectivity index (χ3n) is 6.20. The molecular formula is C26H21ClN4O3. The van der Waals surface area contributed by atoms with Crippen molar-refractivity contribution < 1.29 is 14.2 Å². The summed E-state index contributed by atoms with van der Waals surface area (Å²) < 4.78 is 19.6. The first kappa shape index (κ1) is 20.6. The van der Waals surface area contributed by atoms with Crippen LogP contribution in [0.4, 0.5) is 5.95 Å². The van der Waals surface area contributed by atoms with E-state index in [-0.39, 0.29) is 6.04 Å². The number of anilines is 1. The lowest BCUT2D eigenvalue weighted by Gasteiger charge is -2.39. The lowest BCUT2D eigenvalue weighted by atomic mass is 9.84. The van der Waals surface area contributed by atoms with Crippen LogP contribution in [0.3, 0.4) is 0 Å². The minimum atomic E-state index is -0.418. The fourth-order valence-corrected chi connectivity index (χ4v) is 4.90. The molecule has 170 valence electrons. The Morgan fingerprint density at radius 2 is 1.79 bits per heavy atom. The van der Waals surface area contributed by atoms with Gasteiger partial charge in [0.15, 0.2) is 11.5 Å². The van der Waals surface area contributed by atoms with Gasteiger partial charge in [0.05, 0.1) is 19.9 Å². The van der Waals surface area contributed by atoms with Crippen LogP contribution < -0.4 is 19.5 Å². The average Bonchev–Trinajstić information content (AvgIpc) is 3.34. The Bertz CT molecular complexity index is 1430. The van der Waals surface area contributed by atoms with Gasteiger partial charge in [0, 0.05) is 21.7 Å². The van der Waals surface area contributed by atoms with Crippen molar-refractivity contribution in [2.24, 2.45) is 0 Å².